The molecule has 67 heavy (non-hydrogen) atoms. The Labute approximate surface area is 405 Å². The van der Waals surface area contributed by atoms with E-state index in [9.17, 15) is 34.5 Å². The molecule has 1 fully saturated rings. The van der Waals surface area contributed by atoms with Crippen molar-refractivity contribution in [2.24, 2.45) is 0 Å². The van der Waals surface area contributed by atoms with Gasteiger partial charge in [-0.05, 0) is 77.0 Å². The Morgan fingerprint density at radius 2 is 0.925 bits per heavy atom. The first kappa shape index (κ1) is 61.7. The third-order valence-corrected chi connectivity index (χ3v) is 11.9. The van der Waals surface area contributed by atoms with Crippen molar-refractivity contribution in [3.05, 3.63) is 48.6 Å². The normalized spacial score (nSPS) is 19.2. The average molecular weight is 947 g/mol. The number of rotatable bonds is 44. The molecule has 12 nitrogen and oxygen atoms in total. The zero-order chi connectivity index (χ0) is 49.0. The molecule has 0 aromatic rings. The number of ether oxygens (including phenoxy) is 5. The molecule has 12 heteroatoms. The van der Waals surface area contributed by atoms with E-state index in [4.69, 9.17) is 23.7 Å². The summed E-state index contributed by atoms with van der Waals surface area (Å²) in [4.78, 5) is 50.8. The van der Waals surface area contributed by atoms with Gasteiger partial charge in [-0.3, -0.25) is 14.4 Å². The lowest BCUT2D eigenvalue weighted by Crippen LogP contribution is -2.61. The maximum Gasteiger partial charge on any atom is 0.335 e. The smallest absolute Gasteiger partial charge is 0.335 e. The molecule has 0 amide bonds. The quantitative estimate of drug-likeness (QED) is 0.0228. The van der Waals surface area contributed by atoms with Crippen LogP contribution in [0.2, 0.25) is 0 Å². The number of allylic oxidation sites excluding steroid dienone is 8. The number of unbranched alkanes of at least 4 members (excludes halogenated alkanes) is 22. The van der Waals surface area contributed by atoms with Gasteiger partial charge in [0, 0.05) is 19.3 Å². The van der Waals surface area contributed by atoms with Crippen LogP contribution in [0.25, 0.3) is 0 Å². The molecule has 0 bridgehead atoms. The highest BCUT2D eigenvalue weighted by Gasteiger charge is 2.50. The second-order valence-corrected chi connectivity index (χ2v) is 18.2. The number of aliphatic hydroxyl groups excluding tert-OH is 2. The van der Waals surface area contributed by atoms with Gasteiger partial charge < -0.3 is 39.0 Å². The highest BCUT2D eigenvalue weighted by Crippen LogP contribution is 2.26. The van der Waals surface area contributed by atoms with Gasteiger partial charge in [0.15, 0.2) is 24.6 Å². The molecule has 1 aliphatic heterocycles. The minimum absolute atomic E-state index is 0.0438. The van der Waals surface area contributed by atoms with Crippen molar-refractivity contribution >= 4 is 23.9 Å². The minimum atomic E-state index is -1.91. The number of hydrogen-bond donors (Lipinski definition) is 3. The number of hydrogen-bond acceptors (Lipinski definition) is 11. The van der Waals surface area contributed by atoms with Crippen molar-refractivity contribution < 1.29 is 58.2 Å². The number of esters is 3. The van der Waals surface area contributed by atoms with Gasteiger partial charge in [-0.1, -0.05) is 179 Å². The number of carboxylic acid groups (broad SMARTS) is 1. The average Bonchev–Trinajstić information content (AvgIpc) is 3.31. The van der Waals surface area contributed by atoms with Gasteiger partial charge in [0.1, 0.15) is 18.8 Å². The van der Waals surface area contributed by atoms with E-state index < -0.39 is 67.3 Å². The fourth-order valence-corrected chi connectivity index (χ4v) is 7.73. The molecule has 1 aliphatic rings. The fraction of sp³-hybridized carbons (Fsp3) is 0.782. The summed E-state index contributed by atoms with van der Waals surface area (Å²) in [6, 6.07) is 0. The molecule has 3 N–H and O–H groups in total. The van der Waals surface area contributed by atoms with Gasteiger partial charge in [-0.2, -0.15) is 0 Å². The van der Waals surface area contributed by atoms with Crippen LogP contribution in [0.5, 0.6) is 0 Å². The summed E-state index contributed by atoms with van der Waals surface area (Å²) in [5, 5.41) is 31.3. The van der Waals surface area contributed by atoms with Crippen molar-refractivity contribution in [2.45, 2.75) is 263 Å². The second kappa shape index (κ2) is 43.9. The topological polar surface area (TPSA) is 175 Å². The molecule has 386 valence electrons. The second-order valence-electron chi connectivity index (χ2n) is 18.2. The molecule has 0 aromatic heterocycles. The first-order chi connectivity index (χ1) is 32.6. The standard InChI is InChI=1S/C55H94O12/c1-4-7-10-13-16-19-21-23-24-26-27-30-32-35-38-41-47(56)63-44-46(65-48(57)42-39-36-33-29-18-15-12-9-6-3)45-64-55-53(51(60)50(59)52(67-55)54(61)62)66-49(58)43-40-37-34-31-28-25-22-20-17-14-11-8-5-2/h11,14,16,19-20,22-24,46,50-53,55,59-60H,4-10,12-13,15,17-18,21,25-45H2,1-3H3,(H,61,62)/b14-11-,19-16-,22-20-,24-23-. The minimum Gasteiger partial charge on any atom is -0.479 e. The van der Waals surface area contributed by atoms with E-state index in [1.165, 1.54) is 51.4 Å². The van der Waals surface area contributed by atoms with E-state index in [-0.39, 0.29) is 25.9 Å². The van der Waals surface area contributed by atoms with E-state index in [1.807, 2.05) is 0 Å². The van der Waals surface area contributed by atoms with Crippen molar-refractivity contribution in [2.75, 3.05) is 13.2 Å². The SMILES string of the molecule is CCC/C=C\C/C=C\CCCCCCCC(=O)OC1C(OCC(COC(=O)CCCCCCC/C=C\C/C=C\CCCCC)OC(=O)CCCCCCCCCCC)OC(C(=O)O)C(O)C1O. The summed E-state index contributed by atoms with van der Waals surface area (Å²) < 4.78 is 28.2. The van der Waals surface area contributed by atoms with Crippen molar-refractivity contribution in [1.29, 1.82) is 0 Å². The Morgan fingerprint density at radius 3 is 1.43 bits per heavy atom. The third kappa shape index (κ3) is 34.6. The number of aliphatic carboxylic acids is 1. The molecule has 0 spiro atoms. The molecular formula is C55H94O12. The largest absolute Gasteiger partial charge is 0.479 e. The predicted octanol–water partition coefficient (Wildman–Crippen LogP) is 12.7. The van der Waals surface area contributed by atoms with Gasteiger partial charge in [0.05, 0.1) is 6.61 Å². The molecule has 1 rings (SSSR count). The molecular weight excluding hydrogens is 853 g/mol. The van der Waals surface area contributed by atoms with Crippen LogP contribution < -0.4 is 0 Å². The van der Waals surface area contributed by atoms with Crippen LogP contribution in [0, 0.1) is 0 Å². The van der Waals surface area contributed by atoms with Gasteiger partial charge in [-0.15, -0.1) is 0 Å². The maximum atomic E-state index is 13.0. The summed E-state index contributed by atoms with van der Waals surface area (Å²) >= 11 is 0. The molecule has 1 saturated heterocycles. The lowest BCUT2D eigenvalue weighted by atomic mass is 9.98. The molecule has 0 aromatic carbocycles. The van der Waals surface area contributed by atoms with Crippen molar-refractivity contribution in [1.82, 2.24) is 0 Å². The van der Waals surface area contributed by atoms with E-state index in [1.54, 1.807) is 0 Å². The summed E-state index contributed by atoms with van der Waals surface area (Å²) in [7, 11) is 0. The van der Waals surface area contributed by atoms with E-state index >= 15 is 0 Å². The number of carboxylic acids is 1. The van der Waals surface area contributed by atoms with Crippen LogP contribution in [0.15, 0.2) is 48.6 Å². The van der Waals surface area contributed by atoms with Crippen LogP contribution in [0.1, 0.15) is 226 Å². The third-order valence-electron chi connectivity index (χ3n) is 11.9. The highest BCUT2D eigenvalue weighted by molar-refractivity contribution is 5.74. The van der Waals surface area contributed by atoms with Crippen molar-refractivity contribution in [3.8, 4) is 0 Å². The first-order valence-corrected chi connectivity index (χ1v) is 26.6. The maximum absolute atomic E-state index is 13.0. The van der Waals surface area contributed by atoms with Crippen LogP contribution in [-0.2, 0) is 42.9 Å². The van der Waals surface area contributed by atoms with Crippen LogP contribution >= 0.6 is 0 Å². The van der Waals surface area contributed by atoms with Crippen molar-refractivity contribution in [3.63, 3.8) is 0 Å². The summed E-state index contributed by atoms with van der Waals surface area (Å²) in [5.74, 6) is -3.15. The van der Waals surface area contributed by atoms with E-state index in [0.717, 1.165) is 116 Å². The lowest BCUT2D eigenvalue weighted by molar-refractivity contribution is -0.301. The van der Waals surface area contributed by atoms with Gasteiger partial charge in [0.2, 0.25) is 0 Å². The van der Waals surface area contributed by atoms with Gasteiger partial charge in [-0.25, -0.2) is 4.79 Å². The Morgan fingerprint density at radius 1 is 0.493 bits per heavy atom. The zero-order valence-corrected chi connectivity index (χ0v) is 42.1. The van der Waals surface area contributed by atoms with Crippen LogP contribution in [0.4, 0.5) is 0 Å². The Hall–Kier alpha value is -3.32. The molecule has 0 saturated carbocycles. The number of carbonyl (C=O) groups excluding carboxylic acids is 3. The molecule has 1 heterocycles. The number of aliphatic hydroxyl groups is 2. The van der Waals surface area contributed by atoms with Gasteiger partial charge in [0.25, 0.3) is 0 Å². The van der Waals surface area contributed by atoms with Crippen LogP contribution in [-0.4, -0.2) is 89.2 Å². The Kier molecular flexibility index (Phi) is 40.4. The number of carbonyl (C=O) groups is 4. The summed E-state index contributed by atoms with van der Waals surface area (Å²) in [5.41, 5.74) is 0. The van der Waals surface area contributed by atoms with Crippen LogP contribution in [0.3, 0.4) is 0 Å². The highest BCUT2D eigenvalue weighted by atomic mass is 16.7. The first-order valence-electron chi connectivity index (χ1n) is 26.6. The Bertz CT molecular complexity index is 1360. The zero-order valence-electron chi connectivity index (χ0n) is 42.1. The van der Waals surface area contributed by atoms with E-state index in [0.29, 0.717) is 19.3 Å². The lowest BCUT2D eigenvalue weighted by Gasteiger charge is -2.40. The predicted molar refractivity (Wildman–Crippen MR) is 266 cm³/mol. The molecule has 6 unspecified atom stereocenters. The Balaban J connectivity index is 2.72. The van der Waals surface area contributed by atoms with E-state index in [2.05, 4.69) is 69.4 Å². The fourth-order valence-electron chi connectivity index (χ4n) is 7.73. The molecule has 6 atom stereocenters. The summed E-state index contributed by atoms with van der Waals surface area (Å²) in [6.07, 6.45) is 38.2. The monoisotopic (exact) mass is 947 g/mol. The summed E-state index contributed by atoms with van der Waals surface area (Å²) in [6.45, 7) is 5.83. The van der Waals surface area contributed by atoms with Gasteiger partial charge >= 0.3 is 23.9 Å². The molecule has 0 aliphatic carbocycles. The molecule has 0 radical (unpaired) electrons.